The Labute approximate surface area is 162 Å². The first-order chi connectivity index (χ1) is 13.6. The molecule has 4 aromatic rings. The molecule has 4 rings (SSSR count). The minimum atomic E-state index is -0.518. The van der Waals surface area contributed by atoms with Crippen LogP contribution in [0.3, 0.4) is 0 Å². The van der Waals surface area contributed by atoms with Crippen molar-refractivity contribution in [1.29, 1.82) is 0 Å². The molecule has 28 heavy (non-hydrogen) atoms. The van der Waals surface area contributed by atoms with E-state index in [-0.39, 0.29) is 17.3 Å². The Balaban J connectivity index is 1.73. The number of aromatic nitrogens is 5. The van der Waals surface area contributed by atoms with E-state index in [1.54, 1.807) is 0 Å². The van der Waals surface area contributed by atoms with Gasteiger partial charge in [0.05, 0.1) is 5.71 Å². The number of anilines is 1. The number of hydrogen-bond acceptors (Lipinski definition) is 9. The summed E-state index contributed by atoms with van der Waals surface area (Å²) in [6.45, 7) is 1.81. The molecule has 1 amide bonds. The Hall–Kier alpha value is -3.86. The molecule has 3 aromatic heterocycles. The SMILES string of the molecule is CC(=NNC(=O)c1nnn(-c2nonc2N)c1-c1ccccc1)c1cccs1. The quantitative estimate of drug-likeness (QED) is 0.390. The number of benzene rings is 1. The molecule has 3 heterocycles. The fourth-order valence-electron chi connectivity index (χ4n) is 2.50. The summed E-state index contributed by atoms with van der Waals surface area (Å²) < 4.78 is 5.96. The van der Waals surface area contributed by atoms with Crippen LogP contribution in [-0.2, 0) is 0 Å². The number of thiophene rings is 1. The molecule has 0 spiro atoms. The van der Waals surface area contributed by atoms with Crippen molar-refractivity contribution >= 4 is 28.8 Å². The number of nitrogen functional groups attached to an aromatic ring is 1. The Kier molecular flexibility index (Phi) is 4.64. The highest BCUT2D eigenvalue weighted by Crippen LogP contribution is 2.26. The molecular weight excluding hydrogens is 380 g/mol. The number of amides is 1. The zero-order chi connectivity index (χ0) is 19.5. The van der Waals surface area contributed by atoms with Gasteiger partial charge in [0, 0.05) is 10.4 Å². The van der Waals surface area contributed by atoms with Crippen molar-refractivity contribution in [3.05, 3.63) is 58.4 Å². The van der Waals surface area contributed by atoms with Crippen molar-refractivity contribution in [2.24, 2.45) is 5.10 Å². The number of carbonyl (C=O) groups is 1. The number of hydrazone groups is 1. The summed E-state index contributed by atoms with van der Waals surface area (Å²) in [7, 11) is 0. The van der Waals surface area contributed by atoms with E-state index in [2.05, 4.69) is 35.8 Å². The smallest absolute Gasteiger partial charge is 0.294 e. The van der Waals surface area contributed by atoms with E-state index in [0.29, 0.717) is 17.0 Å². The van der Waals surface area contributed by atoms with Crippen LogP contribution in [0.25, 0.3) is 17.1 Å². The average molecular weight is 394 g/mol. The van der Waals surface area contributed by atoms with Gasteiger partial charge in [-0.3, -0.25) is 4.79 Å². The van der Waals surface area contributed by atoms with E-state index in [4.69, 9.17) is 5.73 Å². The third-order valence-electron chi connectivity index (χ3n) is 3.83. The molecule has 0 bridgehead atoms. The zero-order valence-corrected chi connectivity index (χ0v) is 15.4. The topological polar surface area (TPSA) is 137 Å². The second-order valence-corrected chi connectivity index (χ2v) is 6.60. The number of carbonyl (C=O) groups excluding carboxylic acids is 1. The van der Waals surface area contributed by atoms with Crippen molar-refractivity contribution in [1.82, 2.24) is 30.7 Å². The van der Waals surface area contributed by atoms with Crippen LogP contribution in [0.4, 0.5) is 5.82 Å². The molecule has 0 saturated heterocycles. The molecule has 0 unspecified atom stereocenters. The van der Waals surface area contributed by atoms with Crippen LogP contribution in [-0.4, -0.2) is 36.9 Å². The number of rotatable bonds is 5. The highest BCUT2D eigenvalue weighted by Gasteiger charge is 2.25. The van der Waals surface area contributed by atoms with E-state index >= 15 is 0 Å². The Bertz CT molecular complexity index is 1130. The Morgan fingerprint density at radius 2 is 2.04 bits per heavy atom. The minimum absolute atomic E-state index is 0.0283. The van der Waals surface area contributed by atoms with Crippen LogP contribution in [0.5, 0.6) is 0 Å². The van der Waals surface area contributed by atoms with Crippen molar-refractivity contribution in [2.75, 3.05) is 5.73 Å². The van der Waals surface area contributed by atoms with Crippen molar-refractivity contribution in [2.45, 2.75) is 6.92 Å². The lowest BCUT2D eigenvalue weighted by Crippen LogP contribution is -2.20. The van der Waals surface area contributed by atoms with E-state index in [0.717, 1.165) is 4.88 Å². The van der Waals surface area contributed by atoms with Crippen LogP contribution >= 0.6 is 11.3 Å². The molecule has 0 aliphatic rings. The summed E-state index contributed by atoms with van der Waals surface area (Å²) in [5, 5.41) is 21.4. The maximum absolute atomic E-state index is 12.8. The van der Waals surface area contributed by atoms with E-state index in [9.17, 15) is 4.79 Å². The highest BCUT2D eigenvalue weighted by molar-refractivity contribution is 7.12. The summed E-state index contributed by atoms with van der Waals surface area (Å²) in [6.07, 6.45) is 0. The van der Waals surface area contributed by atoms with Gasteiger partial charge >= 0.3 is 0 Å². The molecule has 0 saturated carbocycles. The van der Waals surface area contributed by atoms with Crippen LogP contribution in [0.2, 0.25) is 0 Å². The number of nitrogens with zero attached hydrogens (tertiary/aromatic N) is 6. The number of hydrogen-bond donors (Lipinski definition) is 2. The summed E-state index contributed by atoms with van der Waals surface area (Å²) in [6, 6.07) is 13.0. The molecule has 0 aliphatic heterocycles. The molecule has 0 fully saturated rings. The third-order valence-corrected chi connectivity index (χ3v) is 4.81. The van der Waals surface area contributed by atoms with Gasteiger partial charge in [-0.05, 0) is 28.7 Å². The van der Waals surface area contributed by atoms with Gasteiger partial charge in [0.1, 0.15) is 5.69 Å². The van der Waals surface area contributed by atoms with Crippen molar-refractivity contribution in [3.8, 4) is 17.1 Å². The van der Waals surface area contributed by atoms with Gasteiger partial charge in [-0.1, -0.05) is 41.6 Å². The molecular formula is C17H14N8O2S. The Morgan fingerprint density at radius 3 is 2.71 bits per heavy atom. The summed E-state index contributed by atoms with van der Waals surface area (Å²) in [5.41, 5.74) is 10.1. The molecule has 1 aromatic carbocycles. The number of nitrogens with one attached hydrogen (secondary N) is 1. The first-order valence-electron chi connectivity index (χ1n) is 8.13. The van der Waals surface area contributed by atoms with Crippen molar-refractivity contribution < 1.29 is 9.42 Å². The maximum Gasteiger partial charge on any atom is 0.294 e. The maximum atomic E-state index is 12.8. The molecule has 140 valence electrons. The fourth-order valence-corrected chi connectivity index (χ4v) is 3.18. The van der Waals surface area contributed by atoms with Gasteiger partial charge < -0.3 is 5.73 Å². The fraction of sp³-hybridized carbons (Fsp3) is 0.0588. The second-order valence-electron chi connectivity index (χ2n) is 5.65. The summed E-state index contributed by atoms with van der Waals surface area (Å²) in [4.78, 5) is 13.7. The summed E-state index contributed by atoms with van der Waals surface area (Å²) in [5.74, 6) is -0.347. The molecule has 0 radical (unpaired) electrons. The van der Waals surface area contributed by atoms with E-state index < -0.39 is 5.91 Å². The average Bonchev–Trinajstić information content (AvgIpc) is 3.46. The Morgan fingerprint density at radius 1 is 1.21 bits per heavy atom. The van der Waals surface area contributed by atoms with Gasteiger partial charge in [0.25, 0.3) is 5.91 Å². The highest BCUT2D eigenvalue weighted by atomic mass is 32.1. The molecule has 10 nitrogen and oxygen atoms in total. The van der Waals surface area contributed by atoms with Gasteiger partial charge in [-0.15, -0.1) is 16.4 Å². The second kappa shape index (κ2) is 7.40. The largest absolute Gasteiger partial charge is 0.378 e. The lowest BCUT2D eigenvalue weighted by molar-refractivity contribution is 0.0950. The first kappa shape index (κ1) is 17.5. The third kappa shape index (κ3) is 3.25. The lowest BCUT2D eigenvalue weighted by Gasteiger charge is -2.05. The first-order valence-corrected chi connectivity index (χ1v) is 9.01. The molecule has 3 N–H and O–H groups in total. The van der Waals surface area contributed by atoms with Gasteiger partial charge in [0.15, 0.2) is 5.69 Å². The van der Waals surface area contributed by atoms with Crippen LogP contribution in [0, 0.1) is 0 Å². The predicted molar refractivity (Wildman–Crippen MR) is 103 cm³/mol. The molecule has 11 heteroatoms. The van der Waals surface area contributed by atoms with E-state index in [1.165, 1.54) is 16.0 Å². The minimum Gasteiger partial charge on any atom is -0.378 e. The normalized spacial score (nSPS) is 11.5. The molecule has 0 aliphatic carbocycles. The standard InChI is InChI=1S/C17H14N8O2S/c1-10(12-8-5-9-28-12)19-21-17(26)13-14(11-6-3-2-4-7-11)25(24-20-13)16-15(18)22-27-23-16/h2-9H,1H3,(H2,18,22)(H,21,26). The number of nitrogens with two attached hydrogens (primary N) is 1. The van der Waals surface area contributed by atoms with Crippen LogP contribution < -0.4 is 11.2 Å². The van der Waals surface area contributed by atoms with E-state index in [1.807, 2.05) is 54.8 Å². The molecule has 0 atom stereocenters. The predicted octanol–water partition coefficient (Wildman–Crippen LogP) is 2.11. The zero-order valence-electron chi connectivity index (χ0n) is 14.6. The van der Waals surface area contributed by atoms with Gasteiger partial charge in [-0.2, -0.15) is 9.78 Å². The summed E-state index contributed by atoms with van der Waals surface area (Å²) >= 11 is 1.53. The van der Waals surface area contributed by atoms with Crippen LogP contribution in [0.1, 0.15) is 22.3 Å². The van der Waals surface area contributed by atoms with Gasteiger partial charge in [-0.25, -0.2) is 10.1 Å². The van der Waals surface area contributed by atoms with Gasteiger partial charge in [0.2, 0.25) is 11.6 Å². The van der Waals surface area contributed by atoms with Crippen molar-refractivity contribution in [3.63, 3.8) is 0 Å². The van der Waals surface area contributed by atoms with Crippen LogP contribution in [0.15, 0.2) is 57.6 Å². The lowest BCUT2D eigenvalue weighted by atomic mass is 10.1. The monoisotopic (exact) mass is 394 g/mol.